The summed E-state index contributed by atoms with van der Waals surface area (Å²) in [6.07, 6.45) is 8.87. The molecule has 1 aromatic carbocycles. The number of halogens is 1. The van der Waals surface area contributed by atoms with E-state index in [1.54, 1.807) is 18.6 Å². The van der Waals surface area contributed by atoms with Gasteiger partial charge in [-0.15, -0.1) is 0 Å². The number of hydrogen-bond acceptors (Lipinski definition) is 3. The van der Waals surface area contributed by atoms with E-state index in [1.165, 1.54) is 6.07 Å². The third-order valence-electron chi connectivity index (χ3n) is 7.51. The van der Waals surface area contributed by atoms with Gasteiger partial charge in [0.2, 0.25) is 0 Å². The third-order valence-corrected chi connectivity index (χ3v) is 7.51. The number of aliphatic hydroxyl groups is 2. The van der Waals surface area contributed by atoms with Crippen molar-refractivity contribution in [1.29, 1.82) is 0 Å². The number of aliphatic hydroxyl groups excluding tert-OH is 1. The average Bonchev–Trinajstić information content (AvgIpc) is 3.18. The lowest BCUT2D eigenvalue weighted by Gasteiger charge is -2.48. The van der Waals surface area contributed by atoms with Crippen molar-refractivity contribution in [3.05, 3.63) is 42.1 Å². The lowest BCUT2D eigenvalue weighted by molar-refractivity contribution is -0.0943. The van der Waals surface area contributed by atoms with Gasteiger partial charge in [-0.25, -0.2) is 9.37 Å². The van der Waals surface area contributed by atoms with Crippen LogP contribution in [0, 0.1) is 17.7 Å². The molecule has 5 rings (SSSR count). The predicted octanol–water partition coefficient (Wildman–Crippen LogP) is 3.85. The Labute approximate surface area is 159 Å². The van der Waals surface area contributed by atoms with Crippen LogP contribution in [0.4, 0.5) is 4.39 Å². The lowest BCUT2D eigenvalue weighted by Crippen LogP contribution is -2.47. The van der Waals surface area contributed by atoms with Crippen LogP contribution < -0.4 is 0 Å². The molecule has 5 heteroatoms. The van der Waals surface area contributed by atoms with E-state index in [2.05, 4.69) is 4.98 Å². The SMILES string of the molecule is C[C@@]1(C[C@H](O)C2CCC3(O)CCCC2C3)c2c(F)cccc2-c2cncn21. The average molecular weight is 370 g/mol. The highest BCUT2D eigenvalue weighted by Gasteiger charge is 2.48. The summed E-state index contributed by atoms with van der Waals surface area (Å²) >= 11 is 0. The largest absolute Gasteiger partial charge is 0.393 e. The first kappa shape index (κ1) is 17.4. The minimum atomic E-state index is -0.645. The second-order valence-electron chi connectivity index (χ2n) is 9.14. The molecule has 4 nitrogen and oxygen atoms in total. The van der Waals surface area contributed by atoms with Crippen LogP contribution >= 0.6 is 0 Å². The maximum atomic E-state index is 14.8. The molecule has 2 aliphatic carbocycles. The van der Waals surface area contributed by atoms with Gasteiger partial charge in [-0.05, 0) is 56.9 Å². The fourth-order valence-electron chi connectivity index (χ4n) is 6.21. The summed E-state index contributed by atoms with van der Waals surface area (Å²) in [5.41, 5.74) is 1.28. The quantitative estimate of drug-likeness (QED) is 0.863. The fourth-order valence-corrected chi connectivity index (χ4v) is 6.21. The van der Waals surface area contributed by atoms with E-state index in [1.807, 2.05) is 17.6 Å². The molecule has 27 heavy (non-hydrogen) atoms. The van der Waals surface area contributed by atoms with Crippen LogP contribution in [-0.2, 0) is 5.54 Å². The molecular weight excluding hydrogens is 343 g/mol. The van der Waals surface area contributed by atoms with E-state index in [9.17, 15) is 14.6 Å². The van der Waals surface area contributed by atoms with Crippen molar-refractivity contribution >= 4 is 0 Å². The maximum Gasteiger partial charge on any atom is 0.129 e. The van der Waals surface area contributed by atoms with Gasteiger partial charge in [-0.3, -0.25) is 0 Å². The Morgan fingerprint density at radius 2 is 2.19 bits per heavy atom. The first-order chi connectivity index (χ1) is 12.9. The summed E-state index contributed by atoms with van der Waals surface area (Å²) in [6.45, 7) is 2.01. The van der Waals surface area contributed by atoms with Gasteiger partial charge >= 0.3 is 0 Å². The van der Waals surface area contributed by atoms with Crippen molar-refractivity contribution in [2.75, 3.05) is 0 Å². The van der Waals surface area contributed by atoms with Crippen LogP contribution in [0.2, 0.25) is 0 Å². The molecule has 0 spiro atoms. The maximum absolute atomic E-state index is 14.8. The summed E-state index contributed by atoms with van der Waals surface area (Å²) in [7, 11) is 0. The molecule has 2 bridgehead atoms. The van der Waals surface area contributed by atoms with E-state index in [-0.39, 0.29) is 11.7 Å². The molecule has 2 N–H and O–H groups in total. The monoisotopic (exact) mass is 370 g/mol. The van der Waals surface area contributed by atoms with Gasteiger partial charge < -0.3 is 14.8 Å². The minimum Gasteiger partial charge on any atom is -0.393 e. The summed E-state index contributed by atoms with van der Waals surface area (Å²) in [4.78, 5) is 4.27. The van der Waals surface area contributed by atoms with E-state index in [0.717, 1.165) is 49.8 Å². The van der Waals surface area contributed by atoms with Gasteiger partial charge in [0.1, 0.15) is 5.82 Å². The molecule has 0 radical (unpaired) electrons. The number of benzene rings is 1. The normalized spacial score (nSPS) is 35.6. The Bertz CT molecular complexity index is 881. The fraction of sp³-hybridized carbons (Fsp3) is 0.591. The highest BCUT2D eigenvalue weighted by molar-refractivity contribution is 5.70. The standard InChI is InChI=1S/C22H27FN2O2/c1-21(11-19(26)15-7-9-22(27)8-3-4-14(15)10-22)20-16(5-2-6-17(20)23)18-12-24-13-25(18)21/h2,5-6,12-15,19,26-27H,3-4,7-11H2,1H3/t14?,15?,19-,21+,22?/m0/s1. The van der Waals surface area contributed by atoms with Crippen LogP contribution in [0.15, 0.2) is 30.7 Å². The van der Waals surface area contributed by atoms with E-state index in [0.29, 0.717) is 17.9 Å². The molecule has 2 heterocycles. The highest BCUT2D eigenvalue weighted by Crippen LogP contribution is 2.51. The molecule has 2 aromatic rings. The lowest BCUT2D eigenvalue weighted by atomic mass is 9.62. The van der Waals surface area contributed by atoms with Crippen LogP contribution in [0.3, 0.4) is 0 Å². The van der Waals surface area contributed by atoms with Gasteiger partial charge in [0.25, 0.3) is 0 Å². The molecule has 1 aromatic heterocycles. The number of nitrogens with zero attached hydrogens (tertiary/aromatic N) is 2. The topological polar surface area (TPSA) is 58.3 Å². The van der Waals surface area contributed by atoms with Crippen molar-refractivity contribution in [3.63, 3.8) is 0 Å². The van der Waals surface area contributed by atoms with E-state index in [4.69, 9.17) is 0 Å². The third kappa shape index (κ3) is 2.51. The number of hydrogen-bond donors (Lipinski definition) is 2. The predicted molar refractivity (Wildman–Crippen MR) is 101 cm³/mol. The Kier molecular flexibility index (Phi) is 3.79. The Balaban J connectivity index is 1.47. The number of fused-ring (bicyclic) bond motifs is 5. The van der Waals surface area contributed by atoms with Gasteiger partial charge in [0.05, 0.1) is 35.5 Å². The molecule has 0 saturated heterocycles. The Hall–Kier alpha value is -1.72. The van der Waals surface area contributed by atoms with Crippen LogP contribution in [-0.4, -0.2) is 31.5 Å². The van der Waals surface area contributed by atoms with E-state index < -0.39 is 17.2 Å². The van der Waals surface area contributed by atoms with Crippen molar-refractivity contribution in [3.8, 4) is 11.3 Å². The van der Waals surface area contributed by atoms with Crippen molar-refractivity contribution in [1.82, 2.24) is 9.55 Å². The van der Waals surface area contributed by atoms with Gasteiger partial charge in [-0.2, -0.15) is 0 Å². The summed E-state index contributed by atoms with van der Waals surface area (Å²) in [5.74, 6) is 0.312. The molecule has 3 aliphatic rings. The number of aromatic nitrogens is 2. The molecule has 5 atom stereocenters. The zero-order chi connectivity index (χ0) is 18.8. The van der Waals surface area contributed by atoms with Crippen molar-refractivity contribution in [2.45, 2.75) is 69.1 Å². The summed E-state index contributed by atoms with van der Waals surface area (Å²) < 4.78 is 16.8. The molecule has 0 amide bonds. The van der Waals surface area contributed by atoms with Gasteiger partial charge in [-0.1, -0.05) is 18.6 Å². The van der Waals surface area contributed by atoms with Crippen molar-refractivity contribution in [2.24, 2.45) is 11.8 Å². The minimum absolute atomic E-state index is 0.171. The molecule has 2 fully saturated rings. The van der Waals surface area contributed by atoms with Crippen LogP contribution in [0.1, 0.15) is 57.4 Å². The zero-order valence-electron chi connectivity index (χ0n) is 15.7. The summed E-state index contributed by atoms with van der Waals surface area (Å²) in [5, 5.41) is 21.9. The summed E-state index contributed by atoms with van der Waals surface area (Å²) in [6, 6.07) is 5.17. The Morgan fingerprint density at radius 1 is 1.33 bits per heavy atom. The van der Waals surface area contributed by atoms with Gasteiger partial charge in [0.15, 0.2) is 0 Å². The molecular formula is C22H27FN2O2. The van der Waals surface area contributed by atoms with E-state index >= 15 is 0 Å². The second kappa shape index (κ2) is 5.89. The first-order valence-corrected chi connectivity index (χ1v) is 10.1. The molecule has 2 saturated carbocycles. The highest BCUT2D eigenvalue weighted by atomic mass is 19.1. The zero-order valence-corrected chi connectivity index (χ0v) is 15.7. The number of rotatable bonds is 3. The smallest absolute Gasteiger partial charge is 0.129 e. The van der Waals surface area contributed by atoms with Crippen molar-refractivity contribution < 1.29 is 14.6 Å². The van der Waals surface area contributed by atoms with Crippen LogP contribution in [0.25, 0.3) is 11.3 Å². The number of imidazole rings is 1. The van der Waals surface area contributed by atoms with Crippen LogP contribution in [0.5, 0.6) is 0 Å². The second-order valence-corrected chi connectivity index (χ2v) is 9.14. The van der Waals surface area contributed by atoms with Gasteiger partial charge in [0, 0.05) is 17.5 Å². The Morgan fingerprint density at radius 3 is 3.04 bits per heavy atom. The molecule has 3 unspecified atom stereocenters. The molecule has 144 valence electrons. The first-order valence-electron chi connectivity index (χ1n) is 10.1. The molecule has 1 aliphatic heterocycles.